The average molecular weight is 406 g/mol. The molecule has 1 N–H and O–H groups in total. The lowest BCUT2D eigenvalue weighted by Crippen LogP contribution is -2.47. The number of anilines is 1. The van der Waals surface area contributed by atoms with Crippen LogP contribution >= 0.6 is 0 Å². The van der Waals surface area contributed by atoms with Gasteiger partial charge in [0.2, 0.25) is 5.91 Å². The molecule has 7 nitrogen and oxygen atoms in total. The molecule has 0 bridgehead atoms. The monoisotopic (exact) mass is 405 g/mol. The van der Waals surface area contributed by atoms with E-state index in [1.165, 1.54) is 0 Å². The van der Waals surface area contributed by atoms with E-state index < -0.39 is 0 Å². The minimum atomic E-state index is -0.175. The van der Waals surface area contributed by atoms with Crippen molar-refractivity contribution in [2.24, 2.45) is 5.92 Å². The Hall–Kier alpha value is -3.22. The van der Waals surface area contributed by atoms with Gasteiger partial charge in [0.1, 0.15) is 0 Å². The third kappa shape index (κ3) is 3.79. The lowest BCUT2D eigenvalue weighted by atomic mass is 9.96. The number of aromatic nitrogens is 2. The number of nitrogens with one attached hydrogen (secondary N) is 1. The summed E-state index contributed by atoms with van der Waals surface area (Å²) in [6.45, 7) is 6.48. The Bertz CT molecular complexity index is 1080. The van der Waals surface area contributed by atoms with Crippen molar-refractivity contribution in [3.63, 3.8) is 0 Å². The standard InChI is InChI=1S/C23H27N5O2/c1-3-27(4-2)22(29)17-7-6-12-28(15-17)23(30)26-20-13-16-9-11-24-14-19(16)21-18(20)8-5-10-25-21/h5,8-11,13-14,17H,3-4,6-7,12,15H2,1-2H3,(H,26,30)/t17-/m0/s1. The van der Waals surface area contributed by atoms with Gasteiger partial charge in [0.05, 0.1) is 17.1 Å². The van der Waals surface area contributed by atoms with Crippen LogP contribution in [0.3, 0.4) is 0 Å². The fraction of sp³-hybridized carbons (Fsp3) is 0.391. The first kappa shape index (κ1) is 20.1. The van der Waals surface area contributed by atoms with Gasteiger partial charge in [0.25, 0.3) is 0 Å². The molecule has 7 heteroatoms. The number of amides is 3. The Balaban J connectivity index is 1.57. The molecular formula is C23H27N5O2. The molecule has 3 heterocycles. The smallest absolute Gasteiger partial charge is 0.321 e. The maximum absolute atomic E-state index is 13.1. The molecule has 1 aromatic carbocycles. The summed E-state index contributed by atoms with van der Waals surface area (Å²) >= 11 is 0. The zero-order valence-electron chi connectivity index (χ0n) is 17.5. The van der Waals surface area contributed by atoms with Crippen LogP contribution < -0.4 is 5.32 Å². The maximum Gasteiger partial charge on any atom is 0.321 e. The number of carbonyl (C=O) groups excluding carboxylic acids is 2. The van der Waals surface area contributed by atoms with E-state index in [-0.39, 0.29) is 17.9 Å². The Labute approximate surface area is 176 Å². The Kier molecular flexibility index (Phi) is 5.79. The van der Waals surface area contributed by atoms with E-state index in [9.17, 15) is 9.59 Å². The average Bonchev–Trinajstić information content (AvgIpc) is 2.80. The van der Waals surface area contributed by atoms with Crippen molar-refractivity contribution in [3.8, 4) is 0 Å². The van der Waals surface area contributed by atoms with Crippen molar-refractivity contribution in [2.75, 3.05) is 31.5 Å². The van der Waals surface area contributed by atoms with Gasteiger partial charge in [-0.05, 0) is 56.3 Å². The molecule has 1 atom stereocenters. The van der Waals surface area contributed by atoms with Crippen molar-refractivity contribution in [1.29, 1.82) is 0 Å². The van der Waals surface area contributed by atoms with Gasteiger partial charge in [0.15, 0.2) is 0 Å². The number of nitrogens with zero attached hydrogens (tertiary/aromatic N) is 4. The second kappa shape index (κ2) is 8.65. The molecule has 0 unspecified atom stereocenters. The number of pyridine rings is 2. The fourth-order valence-corrected chi connectivity index (χ4v) is 4.25. The van der Waals surface area contributed by atoms with Crippen LogP contribution in [-0.2, 0) is 4.79 Å². The zero-order chi connectivity index (χ0) is 21.1. The minimum absolute atomic E-state index is 0.134. The van der Waals surface area contributed by atoms with Crippen LogP contribution in [0.5, 0.6) is 0 Å². The van der Waals surface area contributed by atoms with E-state index in [0.717, 1.165) is 40.2 Å². The van der Waals surface area contributed by atoms with Crippen molar-refractivity contribution >= 4 is 39.3 Å². The highest BCUT2D eigenvalue weighted by atomic mass is 16.2. The summed E-state index contributed by atoms with van der Waals surface area (Å²) in [7, 11) is 0. The molecule has 0 aliphatic carbocycles. The largest absolute Gasteiger partial charge is 0.343 e. The zero-order valence-corrected chi connectivity index (χ0v) is 17.5. The predicted octanol–water partition coefficient (Wildman–Crippen LogP) is 3.90. The summed E-state index contributed by atoms with van der Waals surface area (Å²) in [6.07, 6.45) is 6.93. The highest BCUT2D eigenvalue weighted by Gasteiger charge is 2.30. The van der Waals surface area contributed by atoms with Crippen LogP contribution in [0.4, 0.5) is 10.5 Å². The second-order valence-corrected chi connectivity index (χ2v) is 7.65. The molecule has 3 aromatic rings. The Morgan fingerprint density at radius 1 is 1.20 bits per heavy atom. The Morgan fingerprint density at radius 2 is 2.03 bits per heavy atom. The van der Waals surface area contributed by atoms with Crippen LogP contribution in [0.2, 0.25) is 0 Å². The topological polar surface area (TPSA) is 78.4 Å². The van der Waals surface area contributed by atoms with E-state index in [4.69, 9.17) is 0 Å². The number of likely N-dealkylation sites (tertiary alicyclic amines) is 1. The quantitative estimate of drug-likeness (QED) is 0.668. The first-order chi connectivity index (χ1) is 14.6. The summed E-state index contributed by atoms with van der Waals surface area (Å²) < 4.78 is 0. The van der Waals surface area contributed by atoms with Gasteiger partial charge in [-0.1, -0.05) is 0 Å². The number of carbonyl (C=O) groups is 2. The van der Waals surface area contributed by atoms with Gasteiger partial charge in [-0.2, -0.15) is 0 Å². The fourth-order valence-electron chi connectivity index (χ4n) is 4.25. The highest BCUT2D eigenvalue weighted by Crippen LogP contribution is 2.30. The molecule has 156 valence electrons. The van der Waals surface area contributed by atoms with Crippen LogP contribution in [-0.4, -0.2) is 57.9 Å². The number of benzene rings is 1. The number of urea groups is 1. The number of rotatable bonds is 4. The first-order valence-corrected chi connectivity index (χ1v) is 10.6. The molecule has 1 saturated heterocycles. The number of fused-ring (bicyclic) bond motifs is 3. The van der Waals surface area contributed by atoms with Crippen molar-refractivity contribution in [3.05, 3.63) is 42.9 Å². The van der Waals surface area contributed by atoms with E-state index in [1.807, 2.05) is 43.0 Å². The molecular weight excluding hydrogens is 378 g/mol. The lowest BCUT2D eigenvalue weighted by Gasteiger charge is -2.34. The SMILES string of the molecule is CCN(CC)C(=O)[C@H]1CCCN(C(=O)Nc2cc3ccncc3c3ncccc23)C1. The highest BCUT2D eigenvalue weighted by molar-refractivity contribution is 6.13. The molecule has 0 radical (unpaired) electrons. The Morgan fingerprint density at radius 3 is 2.83 bits per heavy atom. The van der Waals surface area contributed by atoms with E-state index >= 15 is 0 Å². The van der Waals surface area contributed by atoms with E-state index in [2.05, 4.69) is 15.3 Å². The summed E-state index contributed by atoms with van der Waals surface area (Å²) in [4.78, 5) is 38.2. The molecule has 1 fully saturated rings. The molecule has 1 aliphatic rings. The van der Waals surface area contributed by atoms with Crippen molar-refractivity contribution < 1.29 is 9.59 Å². The maximum atomic E-state index is 13.1. The summed E-state index contributed by atoms with van der Waals surface area (Å²) in [5, 5.41) is 5.86. The number of hydrogen-bond donors (Lipinski definition) is 1. The molecule has 1 aliphatic heterocycles. The second-order valence-electron chi connectivity index (χ2n) is 7.65. The van der Waals surface area contributed by atoms with E-state index in [0.29, 0.717) is 26.2 Å². The summed E-state index contributed by atoms with van der Waals surface area (Å²) in [5.74, 6) is 0.0100. The molecule has 30 heavy (non-hydrogen) atoms. The molecule has 2 aromatic heterocycles. The van der Waals surface area contributed by atoms with Crippen molar-refractivity contribution in [1.82, 2.24) is 19.8 Å². The number of piperidine rings is 1. The molecule has 0 spiro atoms. The molecule has 3 amide bonds. The van der Waals surface area contributed by atoms with Crippen LogP contribution in [0.25, 0.3) is 21.7 Å². The van der Waals surface area contributed by atoms with E-state index in [1.54, 1.807) is 23.5 Å². The van der Waals surface area contributed by atoms with Gasteiger partial charge in [0, 0.05) is 55.5 Å². The third-order valence-electron chi connectivity index (χ3n) is 5.88. The molecule has 4 rings (SSSR count). The normalized spacial score (nSPS) is 16.6. The lowest BCUT2D eigenvalue weighted by molar-refractivity contribution is -0.136. The van der Waals surface area contributed by atoms with Gasteiger partial charge in [-0.15, -0.1) is 0 Å². The summed E-state index contributed by atoms with van der Waals surface area (Å²) in [5.41, 5.74) is 1.53. The third-order valence-corrected chi connectivity index (χ3v) is 5.88. The summed E-state index contributed by atoms with van der Waals surface area (Å²) in [6, 6.07) is 7.51. The molecule has 0 saturated carbocycles. The van der Waals surface area contributed by atoms with Gasteiger partial charge in [-0.3, -0.25) is 14.8 Å². The van der Waals surface area contributed by atoms with Gasteiger partial charge in [-0.25, -0.2) is 4.79 Å². The predicted molar refractivity (Wildman–Crippen MR) is 118 cm³/mol. The van der Waals surface area contributed by atoms with Crippen molar-refractivity contribution in [2.45, 2.75) is 26.7 Å². The minimum Gasteiger partial charge on any atom is -0.343 e. The number of hydrogen-bond acceptors (Lipinski definition) is 4. The van der Waals surface area contributed by atoms with Crippen LogP contribution in [0.15, 0.2) is 42.9 Å². The first-order valence-electron chi connectivity index (χ1n) is 10.6. The van der Waals surface area contributed by atoms with Crippen LogP contribution in [0.1, 0.15) is 26.7 Å². The van der Waals surface area contributed by atoms with Gasteiger partial charge < -0.3 is 15.1 Å². The van der Waals surface area contributed by atoms with Gasteiger partial charge >= 0.3 is 6.03 Å². The van der Waals surface area contributed by atoms with Crippen LogP contribution in [0, 0.1) is 5.92 Å².